The lowest BCUT2D eigenvalue weighted by molar-refractivity contribution is -1.39. The van der Waals surface area contributed by atoms with Gasteiger partial charge in [-0.3, -0.25) is 0 Å². The molecule has 8 heavy (non-hydrogen) atoms. The number of hydrogen-bond donors (Lipinski definition) is 1. The van der Waals surface area contributed by atoms with Crippen LogP contribution in [-0.4, -0.2) is 25.7 Å². The highest BCUT2D eigenvalue weighted by Crippen LogP contribution is 1.64. The number of rotatable bonds is 3. The highest BCUT2D eigenvalue weighted by atomic mass is 16.9. The van der Waals surface area contributed by atoms with Crippen LogP contribution in [0.3, 0.4) is 0 Å². The zero-order chi connectivity index (χ0) is 6.57. The van der Waals surface area contributed by atoms with Gasteiger partial charge in [0.2, 0.25) is 0 Å². The van der Waals surface area contributed by atoms with Crippen LogP contribution in [0.5, 0.6) is 0 Å². The Balaban J connectivity index is 3.46. The van der Waals surface area contributed by atoms with Crippen molar-refractivity contribution < 1.29 is 15.0 Å². The van der Waals surface area contributed by atoms with E-state index in [4.69, 9.17) is 0 Å². The van der Waals surface area contributed by atoms with Crippen LogP contribution in [0.4, 0.5) is 0 Å². The molecule has 0 rings (SSSR count). The minimum absolute atomic E-state index is 0.563. The molecule has 5 heteroatoms. The fourth-order valence-electron chi connectivity index (χ4n) is 0.187. The summed E-state index contributed by atoms with van der Waals surface area (Å²) in [6.45, 7) is 3.22. The smallest absolute Gasteiger partial charge is 0.187 e. The molecule has 0 spiro atoms. The number of hydrogen-bond acceptors (Lipinski definition) is 2. The van der Waals surface area contributed by atoms with Crippen LogP contribution in [0, 0.1) is 5.21 Å². The SMILES string of the molecule is C=[N+]([N-]C)[NH+]([O-])OC. The van der Waals surface area contributed by atoms with E-state index in [2.05, 4.69) is 17.0 Å². The van der Waals surface area contributed by atoms with Crippen molar-refractivity contribution in [2.45, 2.75) is 0 Å². The Morgan fingerprint density at radius 2 is 2.38 bits per heavy atom. The zero-order valence-corrected chi connectivity index (χ0v) is 4.92. The predicted molar refractivity (Wildman–Crippen MR) is 28.0 cm³/mol. The highest BCUT2D eigenvalue weighted by Gasteiger charge is 1.93. The molecule has 0 fully saturated rings. The van der Waals surface area contributed by atoms with Gasteiger partial charge in [0.05, 0.1) is 0 Å². The zero-order valence-electron chi connectivity index (χ0n) is 4.92. The molecule has 0 aliphatic carbocycles. The van der Waals surface area contributed by atoms with Crippen molar-refractivity contribution in [3.8, 4) is 0 Å². The Bertz CT molecular complexity index is 84.6. The molecule has 0 bridgehead atoms. The first-order valence-electron chi connectivity index (χ1n) is 2.00. The van der Waals surface area contributed by atoms with Crippen LogP contribution in [-0.2, 0) is 4.84 Å². The molecular weight excluding hydrogens is 110 g/mol. The average Bonchev–Trinajstić information content (AvgIpc) is 1.84. The van der Waals surface area contributed by atoms with Gasteiger partial charge in [-0.2, -0.15) is 0 Å². The third kappa shape index (κ3) is 1.87. The predicted octanol–water partition coefficient (Wildman–Crippen LogP) is -1.52. The number of nitrogens with zero attached hydrogens (tertiary/aromatic N) is 2. The Morgan fingerprint density at radius 3 is 2.50 bits per heavy atom. The molecule has 0 radical (unpaired) electrons. The molecule has 0 aromatic heterocycles. The maximum atomic E-state index is 10.3. The summed E-state index contributed by atoms with van der Waals surface area (Å²) < 4.78 is 0. The molecule has 5 nitrogen and oxygen atoms in total. The summed E-state index contributed by atoms with van der Waals surface area (Å²) in [5.41, 5.74) is 3.41. The molecule has 0 heterocycles. The summed E-state index contributed by atoms with van der Waals surface area (Å²) in [5.74, 6) is 0. The summed E-state index contributed by atoms with van der Waals surface area (Å²) in [4.78, 5) is 5.09. The second-order valence-corrected chi connectivity index (χ2v) is 1.07. The van der Waals surface area contributed by atoms with Crippen molar-refractivity contribution >= 4 is 6.72 Å². The van der Waals surface area contributed by atoms with Gasteiger partial charge in [0.15, 0.2) is 6.72 Å². The molecule has 0 aromatic rings. The second-order valence-electron chi connectivity index (χ2n) is 1.07. The Hall–Kier alpha value is -0.650. The standard InChI is InChI=1S/C3H9N3O2/c1-4-5(2)6(7)8-3/h6H,2H2,1,3H3. The fourth-order valence-corrected chi connectivity index (χ4v) is 0.187. The van der Waals surface area contributed by atoms with Crippen LogP contribution in [0.1, 0.15) is 0 Å². The van der Waals surface area contributed by atoms with Gasteiger partial charge < -0.3 is 10.6 Å². The van der Waals surface area contributed by atoms with Crippen molar-refractivity contribution in [2.75, 3.05) is 14.2 Å². The van der Waals surface area contributed by atoms with Gasteiger partial charge in [-0.25, -0.2) is 0 Å². The Kier molecular flexibility index (Phi) is 3.09. The number of quaternary nitrogens is 1. The summed E-state index contributed by atoms with van der Waals surface area (Å²) in [6.07, 6.45) is 0. The molecule has 0 saturated heterocycles. The van der Waals surface area contributed by atoms with E-state index < -0.39 is 5.34 Å². The maximum Gasteiger partial charge on any atom is 0.187 e. The molecule has 0 aliphatic rings. The maximum absolute atomic E-state index is 10.3. The van der Waals surface area contributed by atoms with Crippen LogP contribution >= 0.6 is 0 Å². The third-order valence-corrected chi connectivity index (χ3v) is 0.627. The average molecular weight is 119 g/mol. The second kappa shape index (κ2) is 3.36. The van der Waals surface area contributed by atoms with E-state index in [1.54, 1.807) is 0 Å². The lowest BCUT2D eigenvalue weighted by atomic mass is 11.4. The minimum Gasteiger partial charge on any atom is -0.541 e. The van der Waals surface area contributed by atoms with Crippen LogP contribution in [0.2, 0.25) is 0 Å². The van der Waals surface area contributed by atoms with Gasteiger partial charge in [-0.1, -0.05) is 11.8 Å². The third-order valence-electron chi connectivity index (χ3n) is 0.627. The van der Waals surface area contributed by atoms with Gasteiger partial charge in [0.25, 0.3) is 0 Å². The molecule has 0 saturated carbocycles. The first-order valence-corrected chi connectivity index (χ1v) is 2.00. The summed E-state index contributed by atoms with van der Waals surface area (Å²) in [6, 6.07) is 0. The number of nitrogens with one attached hydrogen (secondary N) is 1. The minimum atomic E-state index is -0.563. The van der Waals surface area contributed by atoms with Crippen molar-refractivity contribution in [1.82, 2.24) is 0 Å². The summed E-state index contributed by atoms with van der Waals surface area (Å²) in [5, 5.41) is 9.73. The molecule has 0 aliphatic heterocycles. The van der Waals surface area contributed by atoms with E-state index in [9.17, 15) is 5.21 Å². The van der Waals surface area contributed by atoms with E-state index in [0.717, 1.165) is 4.79 Å². The van der Waals surface area contributed by atoms with Crippen molar-refractivity contribution in [3.05, 3.63) is 10.6 Å². The van der Waals surface area contributed by atoms with Crippen molar-refractivity contribution in [2.24, 2.45) is 0 Å². The molecule has 1 unspecified atom stereocenters. The molecule has 0 aromatic carbocycles. The van der Waals surface area contributed by atoms with Crippen LogP contribution in [0.25, 0.3) is 5.43 Å². The van der Waals surface area contributed by atoms with Gasteiger partial charge in [-0.05, 0) is 5.34 Å². The fraction of sp³-hybridized carbons (Fsp3) is 0.667. The Morgan fingerprint density at radius 1 is 1.88 bits per heavy atom. The molecule has 1 N–H and O–H groups in total. The van der Waals surface area contributed by atoms with E-state index in [1.165, 1.54) is 14.2 Å². The van der Waals surface area contributed by atoms with Gasteiger partial charge in [0, 0.05) is 0 Å². The summed E-state index contributed by atoms with van der Waals surface area (Å²) >= 11 is 0. The van der Waals surface area contributed by atoms with Crippen molar-refractivity contribution in [1.29, 1.82) is 0 Å². The van der Waals surface area contributed by atoms with Crippen LogP contribution < -0.4 is 5.34 Å². The van der Waals surface area contributed by atoms with Crippen LogP contribution in [0.15, 0.2) is 0 Å². The lowest BCUT2D eigenvalue weighted by Gasteiger charge is -2.16. The first kappa shape index (κ1) is 7.35. The van der Waals surface area contributed by atoms with Gasteiger partial charge in [-0.15, -0.1) is 4.84 Å². The first-order chi connectivity index (χ1) is 3.72. The van der Waals surface area contributed by atoms with Crippen molar-refractivity contribution in [3.63, 3.8) is 0 Å². The highest BCUT2D eigenvalue weighted by molar-refractivity contribution is 5.14. The lowest BCUT2D eigenvalue weighted by Crippen LogP contribution is -3.09. The van der Waals surface area contributed by atoms with E-state index in [-0.39, 0.29) is 0 Å². The quantitative estimate of drug-likeness (QED) is 0.278. The normalized spacial score (nSPS) is 12.9. The molecular formula is C3H9N3O2. The summed E-state index contributed by atoms with van der Waals surface area (Å²) in [7, 11) is 2.72. The molecule has 1 atom stereocenters. The van der Waals surface area contributed by atoms with Gasteiger partial charge >= 0.3 is 0 Å². The van der Waals surface area contributed by atoms with E-state index in [1.807, 2.05) is 0 Å². The van der Waals surface area contributed by atoms with Gasteiger partial charge in [0.1, 0.15) is 7.11 Å². The van der Waals surface area contributed by atoms with E-state index in [0.29, 0.717) is 0 Å². The van der Waals surface area contributed by atoms with E-state index >= 15 is 0 Å². The molecule has 0 amide bonds. The Labute approximate surface area is 47.6 Å². The topological polar surface area (TPSA) is 53.8 Å². The monoisotopic (exact) mass is 119 g/mol. The molecule has 48 valence electrons. The largest absolute Gasteiger partial charge is 0.541 e.